The zero-order valence-electron chi connectivity index (χ0n) is 12.6. The van der Waals surface area contributed by atoms with Gasteiger partial charge in [-0.15, -0.1) is 0 Å². The molecule has 0 aliphatic heterocycles. The number of benzene rings is 2. The molecule has 2 rings (SSSR count). The first kappa shape index (κ1) is 17.9. The lowest BCUT2D eigenvalue weighted by atomic mass is 10.2. The van der Waals surface area contributed by atoms with E-state index in [1.807, 2.05) is 0 Å². The fraction of sp³-hybridized carbons (Fsp3) is 0.188. The van der Waals surface area contributed by atoms with Gasteiger partial charge < -0.3 is 9.84 Å². The molecule has 0 aromatic heterocycles. The van der Waals surface area contributed by atoms with Crippen LogP contribution >= 0.6 is 0 Å². The average Bonchev–Trinajstić information content (AvgIpc) is 2.55. The SMILES string of the molecule is O=C(O)c1cccc(OCCCNS(=O)(=O)c2ccc(F)cc2)c1. The van der Waals surface area contributed by atoms with Crippen molar-refractivity contribution in [2.45, 2.75) is 11.3 Å². The van der Waals surface area contributed by atoms with Crippen LogP contribution in [0.3, 0.4) is 0 Å². The number of halogens is 1. The van der Waals surface area contributed by atoms with Crippen molar-refractivity contribution in [1.82, 2.24) is 4.72 Å². The molecule has 6 nitrogen and oxygen atoms in total. The lowest BCUT2D eigenvalue weighted by molar-refractivity contribution is 0.0696. The summed E-state index contributed by atoms with van der Waals surface area (Å²) in [5.41, 5.74) is 0.115. The predicted octanol–water partition coefficient (Wildman–Crippen LogP) is 2.27. The molecule has 0 heterocycles. The third-order valence-electron chi connectivity index (χ3n) is 3.09. The number of hydrogen-bond donors (Lipinski definition) is 2. The second-order valence-electron chi connectivity index (χ2n) is 4.89. The van der Waals surface area contributed by atoms with E-state index in [0.717, 1.165) is 12.1 Å². The molecule has 0 radical (unpaired) electrons. The summed E-state index contributed by atoms with van der Waals surface area (Å²) in [6.45, 7) is 0.355. The van der Waals surface area contributed by atoms with Crippen LogP contribution in [0.25, 0.3) is 0 Å². The summed E-state index contributed by atoms with van der Waals surface area (Å²) in [5, 5.41) is 8.88. The largest absolute Gasteiger partial charge is 0.494 e. The molecule has 0 saturated carbocycles. The molecule has 0 bridgehead atoms. The minimum absolute atomic E-state index is 0.0148. The van der Waals surface area contributed by atoms with E-state index in [9.17, 15) is 17.6 Å². The summed E-state index contributed by atoms with van der Waals surface area (Å²) in [5.74, 6) is -1.16. The van der Waals surface area contributed by atoms with Gasteiger partial charge in [0.1, 0.15) is 11.6 Å². The van der Waals surface area contributed by atoms with E-state index in [2.05, 4.69) is 4.72 Å². The van der Waals surface area contributed by atoms with Gasteiger partial charge in [-0.25, -0.2) is 22.3 Å². The number of carbonyl (C=O) groups is 1. The molecule has 0 amide bonds. The lowest BCUT2D eigenvalue weighted by Gasteiger charge is -2.08. The summed E-state index contributed by atoms with van der Waals surface area (Å²) < 4.78 is 44.5. The average molecular weight is 353 g/mol. The molecule has 2 aromatic rings. The second kappa shape index (κ2) is 7.89. The molecule has 128 valence electrons. The highest BCUT2D eigenvalue weighted by atomic mass is 32.2. The van der Waals surface area contributed by atoms with Gasteiger partial charge in [0.2, 0.25) is 10.0 Å². The van der Waals surface area contributed by atoms with Crippen molar-refractivity contribution in [1.29, 1.82) is 0 Å². The van der Waals surface area contributed by atoms with Gasteiger partial charge in [0, 0.05) is 6.54 Å². The first-order valence-corrected chi connectivity index (χ1v) is 8.58. The van der Waals surface area contributed by atoms with Crippen LogP contribution < -0.4 is 9.46 Å². The van der Waals surface area contributed by atoms with Crippen molar-refractivity contribution >= 4 is 16.0 Å². The van der Waals surface area contributed by atoms with Crippen LogP contribution in [0.5, 0.6) is 5.75 Å². The van der Waals surface area contributed by atoms with E-state index < -0.39 is 21.8 Å². The van der Waals surface area contributed by atoms with E-state index in [0.29, 0.717) is 12.2 Å². The van der Waals surface area contributed by atoms with Crippen LogP contribution in [-0.4, -0.2) is 32.6 Å². The van der Waals surface area contributed by atoms with Crippen LogP contribution in [0.4, 0.5) is 4.39 Å². The molecule has 24 heavy (non-hydrogen) atoms. The van der Waals surface area contributed by atoms with Gasteiger partial charge in [-0.2, -0.15) is 0 Å². The van der Waals surface area contributed by atoms with Crippen molar-refractivity contribution < 1.29 is 27.4 Å². The van der Waals surface area contributed by atoms with Crippen molar-refractivity contribution in [3.05, 3.63) is 59.9 Å². The van der Waals surface area contributed by atoms with Gasteiger partial charge in [-0.1, -0.05) is 6.07 Å². The molecule has 0 saturated heterocycles. The molecule has 0 spiro atoms. The van der Waals surface area contributed by atoms with Gasteiger partial charge in [0.25, 0.3) is 0 Å². The van der Waals surface area contributed by atoms with Crippen molar-refractivity contribution in [2.75, 3.05) is 13.2 Å². The maximum atomic E-state index is 12.8. The van der Waals surface area contributed by atoms with E-state index in [4.69, 9.17) is 9.84 Å². The second-order valence-corrected chi connectivity index (χ2v) is 6.65. The summed E-state index contributed by atoms with van der Waals surface area (Å²) in [7, 11) is -3.69. The molecular weight excluding hydrogens is 337 g/mol. The van der Waals surface area contributed by atoms with Crippen LogP contribution in [0.2, 0.25) is 0 Å². The highest BCUT2D eigenvalue weighted by molar-refractivity contribution is 7.89. The minimum Gasteiger partial charge on any atom is -0.494 e. The normalized spacial score (nSPS) is 11.2. The minimum atomic E-state index is -3.69. The number of carboxylic acids is 1. The number of nitrogens with one attached hydrogen (secondary N) is 1. The maximum absolute atomic E-state index is 12.8. The van der Waals surface area contributed by atoms with Gasteiger partial charge in [0.15, 0.2) is 0 Å². The Morgan fingerprint density at radius 2 is 1.88 bits per heavy atom. The molecule has 0 aliphatic carbocycles. The molecular formula is C16H16FNO5S. The Kier molecular flexibility index (Phi) is 5.88. The zero-order valence-corrected chi connectivity index (χ0v) is 13.4. The van der Waals surface area contributed by atoms with Crippen LogP contribution in [0.1, 0.15) is 16.8 Å². The number of ether oxygens (including phenoxy) is 1. The van der Waals surface area contributed by atoms with E-state index in [-0.39, 0.29) is 23.6 Å². The maximum Gasteiger partial charge on any atom is 0.335 e. The van der Waals surface area contributed by atoms with Crippen LogP contribution in [-0.2, 0) is 10.0 Å². The number of carboxylic acid groups (broad SMARTS) is 1. The topological polar surface area (TPSA) is 92.7 Å². The quantitative estimate of drug-likeness (QED) is 0.710. The molecule has 2 aromatic carbocycles. The molecule has 0 aliphatic rings. The van der Waals surface area contributed by atoms with Crippen LogP contribution in [0, 0.1) is 5.82 Å². The Labute approximate surface area is 138 Å². The fourth-order valence-electron chi connectivity index (χ4n) is 1.88. The number of hydrogen-bond acceptors (Lipinski definition) is 4. The Morgan fingerprint density at radius 1 is 1.17 bits per heavy atom. The summed E-state index contributed by atoms with van der Waals surface area (Å²) in [4.78, 5) is 10.8. The lowest BCUT2D eigenvalue weighted by Crippen LogP contribution is -2.25. The van der Waals surface area contributed by atoms with Gasteiger partial charge in [0.05, 0.1) is 17.1 Å². The molecule has 0 atom stereocenters. The summed E-state index contributed by atoms with van der Waals surface area (Å²) in [6, 6.07) is 10.6. The standard InChI is InChI=1S/C16H16FNO5S/c17-13-5-7-15(8-6-13)24(21,22)18-9-2-10-23-14-4-1-3-12(11-14)16(19)20/h1,3-8,11,18H,2,9-10H2,(H,19,20). The van der Waals surface area contributed by atoms with Crippen molar-refractivity contribution in [2.24, 2.45) is 0 Å². The molecule has 8 heteroatoms. The highest BCUT2D eigenvalue weighted by Crippen LogP contribution is 2.13. The van der Waals surface area contributed by atoms with E-state index in [1.54, 1.807) is 12.1 Å². The Morgan fingerprint density at radius 3 is 2.54 bits per heavy atom. The van der Waals surface area contributed by atoms with Gasteiger partial charge >= 0.3 is 5.97 Å². The number of aromatic carboxylic acids is 1. The third kappa shape index (κ3) is 5.04. The summed E-state index contributed by atoms with van der Waals surface area (Å²) in [6.07, 6.45) is 0.387. The Bertz CT molecular complexity index is 805. The van der Waals surface area contributed by atoms with Gasteiger partial charge in [-0.05, 0) is 48.9 Å². The first-order chi connectivity index (χ1) is 11.4. The van der Waals surface area contributed by atoms with Crippen molar-refractivity contribution in [3.63, 3.8) is 0 Å². The Balaban J connectivity index is 1.79. The third-order valence-corrected chi connectivity index (χ3v) is 4.56. The van der Waals surface area contributed by atoms with E-state index in [1.165, 1.54) is 24.3 Å². The van der Waals surface area contributed by atoms with Gasteiger partial charge in [-0.3, -0.25) is 0 Å². The van der Waals surface area contributed by atoms with Crippen molar-refractivity contribution in [3.8, 4) is 5.75 Å². The van der Waals surface area contributed by atoms with E-state index >= 15 is 0 Å². The molecule has 0 unspecified atom stereocenters. The molecule has 2 N–H and O–H groups in total. The Hall–Kier alpha value is -2.45. The molecule has 0 fully saturated rings. The summed E-state index contributed by atoms with van der Waals surface area (Å²) >= 11 is 0. The first-order valence-electron chi connectivity index (χ1n) is 7.10. The monoisotopic (exact) mass is 353 g/mol. The predicted molar refractivity (Wildman–Crippen MR) is 85.1 cm³/mol. The number of sulfonamides is 1. The smallest absolute Gasteiger partial charge is 0.335 e. The van der Waals surface area contributed by atoms with Crippen LogP contribution in [0.15, 0.2) is 53.4 Å². The fourth-order valence-corrected chi connectivity index (χ4v) is 2.96. The zero-order chi connectivity index (χ0) is 17.6. The number of rotatable bonds is 8. The highest BCUT2D eigenvalue weighted by Gasteiger charge is 2.13.